The van der Waals surface area contributed by atoms with Crippen LogP contribution in [-0.2, 0) is 23.1 Å². The average Bonchev–Trinajstić information content (AvgIpc) is 3.62. The molecule has 1 aliphatic carbocycles. The summed E-state index contributed by atoms with van der Waals surface area (Å²) >= 11 is 0. The van der Waals surface area contributed by atoms with Crippen LogP contribution in [0.1, 0.15) is 90.0 Å². The van der Waals surface area contributed by atoms with Crippen molar-refractivity contribution in [2.24, 2.45) is 11.3 Å². The monoisotopic (exact) mass is 852 g/mol. The molecule has 0 spiro atoms. The molecule has 0 aromatic heterocycles. The summed E-state index contributed by atoms with van der Waals surface area (Å²) in [7, 11) is -1.50. The van der Waals surface area contributed by atoms with E-state index in [0.717, 1.165) is 47.3 Å². The van der Waals surface area contributed by atoms with Gasteiger partial charge in [0.15, 0.2) is 11.3 Å². The Morgan fingerprint density at radius 2 is 1.56 bits per heavy atom. The average molecular weight is 853 g/mol. The molecule has 6 rings (SSSR count). The third kappa shape index (κ3) is 10.5. The predicted octanol–water partition coefficient (Wildman–Crippen LogP) is 12.2. The minimum Gasteiger partial charge on any atom is -0.480 e. The topological polar surface area (TPSA) is 113 Å². The van der Waals surface area contributed by atoms with Crippen molar-refractivity contribution in [2.45, 2.75) is 111 Å². The van der Waals surface area contributed by atoms with Gasteiger partial charge in [-0.25, -0.2) is 0 Å². The van der Waals surface area contributed by atoms with Crippen LogP contribution < -0.4 is 9.64 Å². The maximum absolute atomic E-state index is 10.3. The van der Waals surface area contributed by atoms with E-state index in [0.29, 0.717) is 24.3 Å². The quantitative estimate of drug-likeness (QED) is 0.123. The van der Waals surface area contributed by atoms with E-state index >= 15 is 0 Å². The summed E-state index contributed by atoms with van der Waals surface area (Å²) in [6.45, 7) is 22.7. The first kappa shape index (κ1) is 46.2. The van der Waals surface area contributed by atoms with Crippen molar-refractivity contribution in [3.05, 3.63) is 164 Å². The molecule has 2 heterocycles. The molecule has 0 radical (unpaired) electrons. The molecule has 0 fully saturated rings. The smallest absolute Gasteiger partial charge is 0.172 e. The maximum Gasteiger partial charge on any atom is 0.172 e. The van der Waals surface area contributed by atoms with Crippen molar-refractivity contribution >= 4 is 13.8 Å². The number of hydrogen-bond acceptors (Lipinski definition) is 7. The molecule has 3 aliphatic rings. The van der Waals surface area contributed by atoms with Gasteiger partial charge in [-0.1, -0.05) is 121 Å². The Morgan fingerprint density at radius 3 is 2.17 bits per heavy atom. The number of allylic oxidation sites excluding steroid dienone is 8. The molecule has 63 heavy (non-hydrogen) atoms. The zero-order valence-electron chi connectivity index (χ0n) is 38.6. The molecule has 322 valence electrons. The lowest BCUT2D eigenvalue weighted by Crippen LogP contribution is -2.27. The number of aliphatic hydroxyl groups is 1. The predicted molar refractivity (Wildman–Crippen MR) is 255 cm³/mol. The first-order chi connectivity index (χ1) is 29.8. The maximum atomic E-state index is 10.3. The van der Waals surface area contributed by atoms with Crippen LogP contribution in [0.4, 0.5) is 5.69 Å². The Kier molecular flexibility index (Phi) is 13.6. The van der Waals surface area contributed by atoms with Gasteiger partial charge in [-0.2, -0.15) is 15.8 Å². The molecular weight excluding hydrogens is 793 g/mol. The van der Waals surface area contributed by atoms with Gasteiger partial charge in [0, 0.05) is 41.1 Å². The molecule has 1 N–H and O–H groups in total. The van der Waals surface area contributed by atoms with Gasteiger partial charge in [0.25, 0.3) is 0 Å². The van der Waals surface area contributed by atoms with Crippen molar-refractivity contribution < 1.29 is 14.6 Å². The van der Waals surface area contributed by atoms with Crippen LogP contribution in [0.3, 0.4) is 0 Å². The number of hydrogen-bond donors (Lipinski definition) is 1. The third-order valence-corrected chi connectivity index (χ3v) is 13.0. The molecule has 0 bridgehead atoms. The molecule has 0 amide bonds. The molecule has 1 atom stereocenters. The summed E-state index contributed by atoms with van der Waals surface area (Å²) < 4.78 is 13.1. The fraction of sp³-hybridized carbons (Fsp3) is 0.364. The van der Waals surface area contributed by atoms with Crippen molar-refractivity contribution in [3.63, 3.8) is 0 Å². The van der Waals surface area contributed by atoms with Gasteiger partial charge in [0.1, 0.15) is 49.0 Å². The van der Waals surface area contributed by atoms with Gasteiger partial charge < -0.3 is 19.5 Å². The number of para-hydroxylation sites is 1. The number of rotatable bonds is 10. The Morgan fingerprint density at radius 1 is 0.889 bits per heavy atom. The summed E-state index contributed by atoms with van der Waals surface area (Å²) in [4.78, 5) is 2.44. The lowest BCUT2D eigenvalue weighted by molar-refractivity contribution is 0.0953. The van der Waals surface area contributed by atoms with Crippen LogP contribution in [0, 0.1) is 56.8 Å². The number of anilines is 1. The molecule has 3 aromatic rings. The van der Waals surface area contributed by atoms with Crippen LogP contribution in [0.15, 0.2) is 142 Å². The highest BCUT2D eigenvalue weighted by Crippen LogP contribution is 2.50. The lowest BCUT2D eigenvalue weighted by Gasteiger charge is -2.36. The number of fused-ring (bicyclic) bond motifs is 1. The van der Waals surface area contributed by atoms with E-state index in [9.17, 15) is 20.9 Å². The summed E-state index contributed by atoms with van der Waals surface area (Å²) in [5.74, 6) is 5.11. The number of benzene rings is 3. The van der Waals surface area contributed by atoms with E-state index in [1.165, 1.54) is 22.5 Å². The summed E-state index contributed by atoms with van der Waals surface area (Å²) in [6.07, 6.45) is 11.4. The largest absolute Gasteiger partial charge is 0.480 e. The lowest BCUT2D eigenvalue weighted by atomic mass is 9.70. The van der Waals surface area contributed by atoms with E-state index < -0.39 is 13.7 Å². The fourth-order valence-corrected chi connectivity index (χ4v) is 8.96. The van der Waals surface area contributed by atoms with Crippen molar-refractivity contribution in [1.29, 1.82) is 15.8 Å². The van der Waals surface area contributed by atoms with E-state index in [1.807, 2.05) is 62.4 Å². The second-order valence-electron chi connectivity index (χ2n) is 19.8. The van der Waals surface area contributed by atoms with E-state index in [1.54, 1.807) is 0 Å². The fourth-order valence-electron chi connectivity index (χ4n) is 8.44. The van der Waals surface area contributed by atoms with Crippen LogP contribution in [-0.4, -0.2) is 25.4 Å². The van der Waals surface area contributed by atoms with Crippen LogP contribution in [0.25, 0.3) is 0 Å². The molecule has 1 unspecified atom stereocenters. The number of nitrogens with zero attached hydrogens (tertiary/aromatic N) is 4. The Balaban J connectivity index is 1.51. The molecular formula is C55H60N4O3Si. The standard InChI is InChI=1S/C55H60N4O3Si/c1-53(2,3)44-32-41(23-27-47-46(36-58)52(43(34-56)35-57)62-55(47,6)7)51(61-45-25-21-38(22-26-45)14-13-30-60)42(33-44)24-28-50-54(4,5)48-15-11-12-16-49(48)59(50)37-40-19-17-39(18-20-40)29-31-63(8,9)10/h11-12,15-28,44,60H,13-14,30,32-33,37H2,1-10H3. The van der Waals surface area contributed by atoms with Crippen LogP contribution in [0.2, 0.25) is 19.6 Å². The third-order valence-electron chi connectivity index (χ3n) is 12.1. The summed E-state index contributed by atoms with van der Waals surface area (Å²) in [5.41, 5.74) is 11.7. The number of nitriles is 3. The highest BCUT2D eigenvalue weighted by atomic mass is 28.3. The summed E-state index contributed by atoms with van der Waals surface area (Å²) in [6, 6.07) is 31.4. The first-order valence-corrected chi connectivity index (χ1v) is 25.4. The number of aryl methyl sites for hydroxylation is 1. The first-order valence-electron chi connectivity index (χ1n) is 21.9. The SMILES string of the molecule is CC1(C)OC(=C(C#N)C#N)C(C#N)=C1C=CC1=C(Oc2ccc(CCCO)cc2)C(=CC=C2N(Cc3ccc(C#C[Si](C)(C)C)cc3)c3ccccc3C2(C)C)CC(C(C)(C)C)C1. The van der Waals surface area contributed by atoms with Crippen LogP contribution >= 0.6 is 0 Å². The Bertz CT molecular complexity index is 2610. The summed E-state index contributed by atoms with van der Waals surface area (Å²) in [5, 5.41) is 39.2. The minimum atomic E-state index is -1.50. The highest BCUT2D eigenvalue weighted by molar-refractivity contribution is 6.83. The van der Waals surface area contributed by atoms with Gasteiger partial charge in [-0.05, 0) is 115 Å². The number of aliphatic hydroxyl groups excluding tert-OH is 1. The highest BCUT2D eigenvalue weighted by Gasteiger charge is 2.41. The normalized spacial score (nSPS) is 19.3. The Hall–Kier alpha value is -6.29. The zero-order chi connectivity index (χ0) is 45.7. The second kappa shape index (κ2) is 18.6. The minimum absolute atomic E-state index is 0.0127. The molecule has 7 nitrogen and oxygen atoms in total. The van der Waals surface area contributed by atoms with Crippen molar-refractivity contribution in [1.82, 2.24) is 0 Å². The van der Waals surface area contributed by atoms with Gasteiger partial charge >= 0.3 is 0 Å². The second-order valence-corrected chi connectivity index (χ2v) is 24.6. The van der Waals surface area contributed by atoms with E-state index in [4.69, 9.17) is 9.47 Å². The van der Waals surface area contributed by atoms with Gasteiger partial charge in [-0.3, -0.25) is 0 Å². The zero-order valence-corrected chi connectivity index (χ0v) is 39.6. The van der Waals surface area contributed by atoms with E-state index in [-0.39, 0.29) is 40.3 Å². The number of ether oxygens (including phenoxy) is 2. The van der Waals surface area contributed by atoms with Gasteiger partial charge in [-0.15, -0.1) is 5.54 Å². The van der Waals surface area contributed by atoms with E-state index in [2.05, 4.69) is 137 Å². The molecule has 0 saturated heterocycles. The van der Waals surface area contributed by atoms with Crippen LogP contribution in [0.5, 0.6) is 5.75 Å². The molecule has 3 aromatic carbocycles. The van der Waals surface area contributed by atoms with Gasteiger partial charge in [0.2, 0.25) is 0 Å². The Labute approximate surface area is 376 Å². The van der Waals surface area contributed by atoms with Crippen molar-refractivity contribution in [2.75, 3.05) is 11.5 Å². The van der Waals surface area contributed by atoms with Crippen molar-refractivity contribution in [3.8, 4) is 35.4 Å². The molecule has 2 aliphatic heterocycles. The molecule has 8 heteroatoms. The van der Waals surface area contributed by atoms with Gasteiger partial charge in [0.05, 0.1) is 0 Å². The molecule has 0 saturated carbocycles.